The van der Waals surface area contributed by atoms with Gasteiger partial charge in [-0.1, -0.05) is 13.8 Å². The molecule has 84 valence electrons. The average Bonchev–Trinajstić information content (AvgIpc) is 2.14. The van der Waals surface area contributed by atoms with E-state index < -0.39 is 0 Å². The first-order valence-electron chi connectivity index (χ1n) is 5.74. The van der Waals surface area contributed by atoms with E-state index in [1.165, 1.54) is 16.5 Å². The van der Waals surface area contributed by atoms with E-state index in [2.05, 4.69) is 49.8 Å². The third-order valence-corrected chi connectivity index (χ3v) is 2.82. The highest BCUT2D eigenvalue weighted by molar-refractivity contribution is 5.87. The lowest BCUT2D eigenvalue weighted by molar-refractivity contribution is 0.825. The van der Waals surface area contributed by atoms with Crippen molar-refractivity contribution in [1.29, 1.82) is 0 Å². The van der Waals surface area contributed by atoms with E-state index in [1.54, 1.807) is 0 Å². The largest absolute Gasteiger partial charge is 0.258 e. The minimum Gasteiger partial charge on any atom is -0.258 e. The highest BCUT2D eigenvalue weighted by Crippen LogP contribution is 2.26. The van der Waals surface area contributed by atoms with E-state index in [9.17, 15) is 0 Å². The molecule has 2 heterocycles. The van der Waals surface area contributed by atoms with E-state index >= 15 is 0 Å². The Balaban J connectivity index is 2.90. The molecule has 0 spiro atoms. The highest BCUT2D eigenvalue weighted by atomic mass is 14.7. The fraction of sp³-hybridized carbons (Fsp3) is 0.429. The summed E-state index contributed by atoms with van der Waals surface area (Å²) in [5, 5.41) is 2.49. The number of nitrogens with zero attached hydrogens (tertiary/aromatic N) is 2. The molecule has 0 amide bonds. The van der Waals surface area contributed by atoms with Gasteiger partial charge in [0.1, 0.15) is 0 Å². The molecule has 0 aliphatic heterocycles. The second-order valence-electron chi connectivity index (χ2n) is 4.75. The fourth-order valence-electron chi connectivity index (χ4n) is 2.23. The van der Waals surface area contributed by atoms with Gasteiger partial charge in [0.2, 0.25) is 0 Å². The van der Waals surface area contributed by atoms with Gasteiger partial charge < -0.3 is 0 Å². The zero-order chi connectivity index (χ0) is 11.9. The minimum absolute atomic E-state index is 0.436. The Morgan fingerprint density at radius 1 is 0.938 bits per heavy atom. The van der Waals surface area contributed by atoms with Crippen molar-refractivity contribution in [1.82, 2.24) is 9.97 Å². The normalized spacial score (nSPS) is 11.4. The molecule has 0 atom stereocenters. The van der Waals surface area contributed by atoms with Gasteiger partial charge in [-0.15, -0.1) is 0 Å². The van der Waals surface area contributed by atoms with Crippen LogP contribution in [0.2, 0.25) is 0 Å². The maximum absolute atomic E-state index is 4.65. The summed E-state index contributed by atoms with van der Waals surface area (Å²) in [6.07, 6.45) is 0. The van der Waals surface area contributed by atoms with Gasteiger partial charge in [-0.25, -0.2) is 0 Å². The summed E-state index contributed by atoms with van der Waals surface area (Å²) in [7, 11) is 0. The van der Waals surface area contributed by atoms with Gasteiger partial charge in [-0.3, -0.25) is 9.97 Å². The molecule has 16 heavy (non-hydrogen) atoms. The molecule has 0 N–H and O–H groups in total. The molecular formula is C14H18N2. The van der Waals surface area contributed by atoms with Gasteiger partial charge in [0.05, 0.1) is 5.69 Å². The van der Waals surface area contributed by atoms with Crippen LogP contribution in [-0.2, 0) is 0 Å². The standard InChI is InChI=1S/C14H18N2/c1-8(2)14-13-11(5)15-9(3)6-12(13)7-10(4)16-14/h6-8H,1-5H3. The van der Waals surface area contributed by atoms with Crippen LogP contribution >= 0.6 is 0 Å². The maximum Gasteiger partial charge on any atom is 0.0528 e. The summed E-state index contributed by atoms with van der Waals surface area (Å²) < 4.78 is 0. The second kappa shape index (κ2) is 3.85. The molecule has 2 rings (SSSR count). The third-order valence-electron chi connectivity index (χ3n) is 2.82. The Morgan fingerprint density at radius 2 is 1.50 bits per heavy atom. The van der Waals surface area contributed by atoms with Gasteiger partial charge in [-0.05, 0) is 44.2 Å². The smallest absolute Gasteiger partial charge is 0.0528 e. The lowest BCUT2D eigenvalue weighted by Gasteiger charge is -2.12. The highest BCUT2D eigenvalue weighted by Gasteiger charge is 2.11. The lowest BCUT2D eigenvalue weighted by atomic mass is 10.00. The Kier molecular flexibility index (Phi) is 2.66. The third kappa shape index (κ3) is 1.80. The Morgan fingerprint density at radius 3 is 2.06 bits per heavy atom. The van der Waals surface area contributed by atoms with E-state index in [1.807, 2.05) is 6.92 Å². The molecule has 2 aromatic rings. The van der Waals surface area contributed by atoms with Gasteiger partial charge >= 0.3 is 0 Å². The number of aryl methyl sites for hydroxylation is 3. The first kappa shape index (κ1) is 11.1. The quantitative estimate of drug-likeness (QED) is 0.723. The maximum atomic E-state index is 4.65. The monoisotopic (exact) mass is 214 g/mol. The number of pyridine rings is 2. The predicted octanol–water partition coefficient (Wildman–Crippen LogP) is 3.68. The average molecular weight is 214 g/mol. The lowest BCUT2D eigenvalue weighted by Crippen LogP contribution is -2.00. The van der Waals surface area contributed by atoms with Crippen molar-refractivity contribution in [3.8, 4) is 0 Å². The first-order chi connectivity index (χ1) is 7.49. The molecule has 0 aliphatic rings. The van der Waals surface area contributed by atoms with Crippen molar-refractivity contribution in [2.24, 2.45) is 0 Å². The number of fused-ring (bicyclic) bond motifs is 1. The van der Waals surface area contributed by atoms with Crippen molar-refractivity contribution in [2.45, 2.75) is 40.5 Å². The van der Waals surface area contributed by atoms with Crippen molar-refractivity contribution < 1.29 is 0 Å². The summed E-state index contributed by atoms with van der Waals surface area (Å²) >= 11 is 0. The van der Waals surface area contributed by atoms with E-state index in [-0.39, 0.29) is 0 Å². The van der Waals surface area contributed by atoms with Gasteiger partial charge in [0.25, 0.3) is 0 Å². The number of hydrogen-bond acceptors (Lipinski definition) is 2. The van der Waals surface area contributed by atoms with Crippen LogP contribution in [0, 0.1) is 20.8 Å². The molecule has 2 aromatic heterocycles. The van der Waals surface area contributed by atoms with Crippen LogP contribution in [0.5, 0.6) is 0 Å². The van der Waals surface area contributed by atoms with Crippen LogP contribution < -0.4 is 0 Å². The van der Waals surface area contributed by atoms with Gasteiger partial charge in [0.15, 0.2) is 0 Å². The molecule has 0 saturated heterocycles. The molecular weight excluding hydrogens is 196 g/mol. The number of aromatic nitrogens is 2. The Labute approximate surface area is 96.7 Å². The molecule has 0 fully saturated rings. The first-order valence-corrected chi connectivity index (χ1v) is 5.74. The van der Waals surface area contributed by atoms with Gasteiger partial charge in [0, 0.05) is 22.5 Å². The van der Waals surface area contributed by atoms with Crippen molar-refractivity contribution in [2.75, 3.05) is 0 Å². The topological polar surface area (TPSA) is 25.8 Å². The van der Waals surface area contributed by atoms with Crippen LogP contribution in [0.4, 0.5) is 0 Å². The Bertz CT molecular complexity index is 537. The van der Waals surface area contributed by atoms with Crippen LogP contribution in [0.15, 0.2) is 12.1 Å². The van der Waals surface area contributed by atoms with E-state index in [4.69, 9.17) is 0 Å². The molecule has 0 aromatic carbocycles. The van der Waals surface area contributed by atoms with Crippen LogP contribution in [0.1, 0.15) is 42.5 Å². The van der Waals surface area contributed by atoms with Crippen molar-refractivity contribution in [3.63, 3.8) is 0 Å². The van der Waals surface area contributed by atoms with Crippen LogP contribution in [-0.4, -0.2) is 9.97 Å². The fourth-order valence-corrected chi connectivity index (χ4v) is 2.23. The van der Waals surface area contributed by atoms with E-state index in [0.717, 1.165) is 17.1 Å². The van der Waals surface area contributed by atoms with Crippen molar-refractivity contribution >= 4 is 10.8 Å². The molecule has 0 aliphatic carbocycles. The van der Waals surface area contributed by atoms with Crippen LogP contribution in [0.25, 0.3) is 10.8 Å². The zero-order valence-corrected chi connectivity index (χ0v) is 10.6. The summed E-state index contributed by atoms with van der Waals surface area (Å²) in [6, 6.07) is 4.28. The van der Waals surface area contributed by atoms with Crippen molar-refractivity contribution in [3.05, 3.63) is 34.9 Å². The van der Waals surface area contributed by atoms with Crippen LogP contribution in [0.3, 0.4) is 0 Å². The molecule has 2 heteroatoms. The molecule has 0 saturated carbocycles. The van der Waals surface area contributed by atoms with Gasteiger partial charge in [-0.2, -0.15) is 0 Å². The second-order valence-corrected chi connectivity index (χ2v) is 4.75. The number of rotatable bonds is 1. The zero-order valence-electron chi connectivity index (χ0n) is 10.6. The molecule has 2 nitrogen and oxygen atoms in total. The molecule has 0 radical (unpaired) electrons. The molecule has 0 unspecified atom stereocenters. The number of hydrogen-bond donors (Lipinski definition) is 0. The SMILES string of the molecule is Cc1cc2cc(C)nc(C(C)C)c2c(C)n1. The molecule has 0 bridgehead atoms. The Hall–Kier alpha value is -1.44. The minimum atomic E-state index is 0.436. The summed E-state index contributed by atoms with van der Waals surface area (Å²) in [5.41, 5.74) is 4.41. The van der Waals surface area contributed by atoms with E-state index in [0.29, 0.717) is 5.92 Å². The predicted molar refractivity (Wildman–Crippen MR) is 67.8 cm³/mol. The summed E-state index contributed by atoms with van der Waals surface area (Å²) in [5.74, 6) is 0.436. The summed E-state index contributed by atoms with van der Waals surface area (Å²) in [6.45, 7) is 10.5. The summed E-state index contributed by atoms with van der Waals surface area (Å²) in [4.78, 5) is 9.19.